The smallest absolute Gasteiger partial charge is 0.0992 e. The third-order valence-electron chi connectivity index (χ3n) is 1.65. The molecule has 1 rings (SSSR count). The summed E-state index contributed by atoms with van der Waals surface area (Å²) in [6.07, 6.45) is 0.410. The number of nitriles is 2. The van der Waals surface area contributed by atoms with Crippen molar-refractivity contribution in [3.05, 3.63) is 28.8 Å². The van der Waals surface area contributed by atoms with Crippen LogP contribution >= 0.6 is 11.6 Å². The lowest BCUT2D eigenvalue weighted by atomic mass is 10.2. The number of nitrogens with zero attached hydrogens (tertiary/aromatic N) is 2. The van der Waals surface area contributed by atoms with Gasteiger partial charge in [-0.25, -0.2) is 0 Å². The van der Waals surface area contributed by atoms with Gasteiger partial charge >= 0.3 is 0 Å². The number of rotatable bonds is 3. The highest BCUT2D eigenvalue weighted by Crippen LogP contribution is 2.22. The fourth-order valence-corrected chi connectivity index (χ4v) is 1.17. The number of nitrogens with one attached hydrogen (secondary N) is 1. The van der Waals surface area contributed by atoms with E-state index >= 15 is 0 Å². The second-order valence-electron chi connectivity index (χ2n) is 2.64. The number of hydrogen-bond donors (Lipinski definition) is 1. The van der Waals surface area contributed by atoms with Crippen LogP contribution < -0.4 is 5.32 Å². The van der Waals surface area contributed by atoms with Gasteiger partial charge in [-0.1, -0.05) is 11.6 Å². The second-order valence-corrected chi connectivity index (χ2v) is 3.05. The highest BCUT2D eigenvalue weighted by atomic mass is 35.5. The van der Waals surface area contributed by atoms with Crippen molar-refractivity contribution in [3.8, 4) is 12.1 Å². The van der Waals surface area contributed by atoms with E-state index in [1.807, 2.05) is 12.1 Å². The molecule has 0 saturated heterocycles. The Bertz CT molecular complexity index is 401. The summed E-state index contributed by atoms with van der Waals surface area (Å²) in [5.41, 5.74) is 1.25. The second kappa shape index (κ2) is 5.11. The molecule has 3 nitrogen and oxygen atoms in total. The third kappa shape index (κ3) is 2.65. The van der Waals surface area contributed by atoms with E-state index in [0.29, 0.717) is 29.2 Å². The summed E-state index contributed by atoms with van der Waals surface area (Å²) in [5, 5.41) is 20.5. The molecule has 0 aliphatic heterocycles. The van der Waals surface area contributed by atoms with Gasteiger partial charge in [0, 0.05) is 6.54 Å². The Balaban J connectivity index is 2.76. The topological polar surface area (TPSA) is 59.6 Å². The third-order valence-corrected chi connectivity index (χ3v) is 1.98. The molecule has 0 fully saturated rings. The summed E-state index contributed by atoms with van der Waals surface area (Å²) in [7, 11) is 0. The Morgan fingerprint density at radius 1 is 1.36 bits per heavy atom. The van der Waals surface area contributed by atoms with Gasteiger partial charge in [0.2, 0.25) is 0 Å². The molecule has 0 amide bonds. The first kappa shape index (κ1) is 10.4. The Kier molecular flexibility index (Phi) is 3.79. The molecule has 0 radical (unpaired) electrons. The number of halogens is 1. The molecule has 14 heavy (non-hydrogen) atoms. The van der Waals surface area contributed by atoms with Crippen LogP contribution in [0.15, 0.2) is 18.2 Å². The van der Waals surface area contributed by atoms with Crippen molar-refractivity contribution in [2.45, 2.75) is 6.42 Å². The van der Waals surface area contributed by atoms with E-state index in [9.17, 15) is 0 Å². The Labute approximate surface area is 87.5 Å². The zero-order valence-corrected chi connectivity index (χ0v) is 8.17. The fraction of sp³-hybridized carbons (Fsp3) is 0.200. The highest BCUT2D eigenvalue weighted by molar-refractivity contribution is 6.33. The molecule has 0 aliphatic carbocycles. The maximum absolute atomic E-state index is 8.65. The number of hydrogen-bond acceptors (Lipinski definition) is 3. The predicted octanol–water partition coefficient (Wildman–Crippen LogP) is 2.54. The summed E-state index contributed by atoms with van der Waals surface area (Å²) in [6, 6.07) is 9.02. The Morgan fingerprint density at radius 3 is 2.79 bits per heavy atom. The van der Waals surface area contributed by atoms with Crippen molar-refractivity contribution in [2.24, 2.45) is 0 Å². The van der Waals surface area contributed by atoms with Crippen LogP contribution in [0.1, 0.15) is 12.0 Å². The summed E-state index contributed by atoms with van der Waals surface area (Å²) < 4.78 is 0. The fourth-order valence-electron chi connectivity index (χ4n) is 0.983. The van der Waals surface area contributed by atoms with Crippen molar-refractivity contribution in [1.29, 1.82) is 10.5 Å². The molecule has 0 spiro atoms. The van der Waals surface area contributed by atoms with E-state index < -0.39 is 0 Å². The van der Waals surface area contributed by atoms with Crippen LogP contribution in [-0.2, 0) is 0 Å². The number of anilines is 1. The van der Waals surface area contributed by atoms with E-state index in [1.165, 1.54) is 0 Å². The first-order valence-electron chi connectivity index (χ1n) is 4.08. The first-order valence-corrected chi connectivity index (χ1v) is 4.46. The van der Waals surface area contributed by atoms with Crippen LogP contribution in [0.4, 0.5) is 5.69 Å². The summed E-state index contributed by atoms with van der Waals surface area (Å²) in [6.45, 7) is 0.533. The minimum atomic E-state index is 0.410. The standard InChI is InChI=1S/C10H8ClN3/c11-9-3-2-8(7-13)6-10(9)14-5-1-4-12/h2-3,6,14H,1,5H2. The van der Waals surface area contributed by atoms with Crippen molar-refractivity contribution in [3.63, 3.8) is 0 Å². The molecule has 0 unspecified atom stereocenters. The minimum Gasteiger partial charge on any atom is -0.383 e. The average Bonchev–Trinajstić information content (AvgIpc) is 2.21. The summed E-state index contributed by atoms with van der Waals surface area (Å²) in [5.74, 6) is 0. The van der Waals surface area contributed by atoms with Crippen molar-refractivity contribution in [2.75, 3.05) is 11.9 Å². The molecule has 0 aliphatic rings. The molecule has 1 N–H and O–H groups in total. The van der Waals surface area contributed by atoms with Gasteiger partial charge in [0.1, 0.15) is 0 Å². The average molecular weight is 206 g/mol. The van der Waals surface area contributed by atoms with E-state index in [4.69, 9.17) is 22.1 Å². The molecule has 4 heteroatoms. The van der Waals surface area contributed by atoms with E-state index in [0.717, 1.165) is 0 Å². The van der Waals surface area contributed by atoms with Crippen LogP contribution in [-0.4, -0.2) is 6.54 Å². The predicted molar refractivity (Wildman–Crippen MR) is 54.9 cm³/mol. The molecule has 0 bridgehead atoms. The van der Waals surface area contributed by atoms with Gasteiger partial charge < -0.3 is 5.32 Å². The van der Waals surface area contributed by atoms with E-state index in [1.54, 1.807) is 18.2 Å². The molecule has 1 aromatic carbocycles. The highest BCUT2D eigenvalue weighted by Gasteiger charge is 2.00. The monoisotopic (exact) mass is 205 g/mol. The van der Waals surface area contributed by atoms with Gasteiger partial charge in [0.15, 0.2) is 0 Å². The Morgan fingerprint density at radius 2 is 2.14 bits per heavy atom. The van der Waals surface area contributed by atoms with E-state index in [2.05, 4.69) is 5.32 Å². The summed E-state index contributed by atoms with van der Waals surface area (Å²) in [4.78, 5) is 0. The van der Waals surface area contributed by atoms with E-state index in [-0.39, 0.29) is 0 Å². The van der Waals surface area contributed by atoms with Crippen molar-refractivity contribution < 1.29 is 0 Å². The quantitative estimate of drug-likeness (QED) is 0.772. The number of benzene rings is 1. The van der Waals surface area contributed by atoms with Crippen LogP contribution in [0.3, 0.4) is 0 Å². The molecule has 0 aromatic heterocycles. The lowest BCUT2D eigenvalue weighted by molar-refractivity contribution is 1.07. The van der Waals surface area contributed by atoms with Gasteiger partial charge in [-0.2, -0.15) is 10.5 Å². The molecule has 1 aromatic rings. The van der Waals surface area contributed by atoms with Crippen molar-refractivity contribution >= 4 is 17.3 Å². The van der Waals surface area contributed by atoms with Crippen LogP contribution in [0.5, 0.6) is 0 Å². The van der Waals surface area contributed by atoms with Gasteiger partial charge in [0.25, 0.3) is 0 Å². The summed E-state index contributed by atoms with van der Waals surface area (Å²) >= 11 is 5.88. The molecular formula is C10H8ClN3. The molecular weight excluding hydrogens is 198 g/mol. The van der Waals surface area contributed by atoms with Gasteiger partial charge in [0.05, 0.1) is 34.8 Å². The zero-order valence-electron chi connectivity index (χ0n) is 7.42. The normalized spacial score (nSPS) is 8.79. The molecule has 0 atom stereocenters. The molecule has 0 saturated carbocycles. The van der Waals surface area contributed by atoms with Crippen LogP contribution in [0.2, 0.25) is 5.02 Å². The van der Waals surface area contributed by atoms with Gasteiger partial charge in [-0.05, 0) is 18.2 Å². The van der Waals surface area contributed by atoms with Crippen molar-refractivity contribution in [1.82, 2.24) is 0 Å². The maximum Gasteiger partial charge on any atom is 0.0992 e. The maximum atomic E-state index is 8.65. The van der Waals surface area contributed by atoms with Gasteiger partial charge in [-0.15, -0.1) is 0 Å². The molecule has 0 heterocycles. The van der Waals surface area contributed by atoms with Gasteiger partial charge in [-0.3, -0.25) is 0 Å². The largest absolute Gasteiger partial charge is 0.383 e. The minimum absolute atomic E-state index is 0.410. The zero-order chi connectivity index (χ0) is 10.4. The lowest BCUT2D eigenvalue weighted by Gasteiger charge is -2.05. The SMILES string of the molecule is N#CCCNc1cc(C#N)ccc1Cl. The first-order chi connectivity index (χ1) is 6.77. The lowest BCUT2D eigenvalue weighted by Crippen LogP contribution is -2.00. The Hall–Kier alpha value is -1.71. The van der Waals surface area contributed by atoms with Crippen LogP contribution in [0.25, 0.3) is 0 Å². The molecule has 70 valence electrons. The van der Waals surface area contributed by atoms with Crippen LogP contribution in [0, 0.1) is 22.7 Å².